The van der Waals surface area contributed by atoms with Gasteiger partial charge in [0.25, 0.3) is 5.56 Å². The Balaban J connectivity index is 1.50. The fraction of sp³-hybridized carbons (Fsp3) is 0.484. The quantitative estimate of drug-likeness (QED) is 0.482. The van der Waals surface area contributed by atoms with Crippen molar-refractivity contribution >= 4 is 16.8 Å². The molecule has 6 nitrogen and oxygen atoms in total. The number of para-hydroxylation sites is 1. The Kier molecular flexibility index (Phi) is 7.77. The maximum absolute atomic E-state index is 13.9. The number of hydrogen-bond donors (Lipinski definition) is 1. The van der Waals surface area contributed by atoms with Crippen LogP contribution in [0.3, 0.4) is 0 Å². The minimum atomic E-state index is -0.933. The number of amides is 1. The van der Waals surface area contributed by atoms with Gasteiger partial charge in [0.15, 0.2) is 0 Å². The summed E-state index contributed by atoms with van der Waals surface area (Å²) in [5.74, 6) is -0.0717. The number of nitrogens with zero attached hydrogens (tertiary/aromatic N) is 3. The van der Waals surface area contributed by atoms with Crippen LogP contribution in [-0.2, 0) is 18.4 Å². The Bertz CT molecular complexity index is 1270. The molecule has 1 aliphatic heterocycles. The van der Waals surface area contributed by atoms with E-state index in [9.17, 15) is 14.7 Å². The molecule has 1 unspecified atom stereocenters. The summed E-state index contributed by atoms with van der Waals surface area (Å²) in [5.41, 5.74) is 1.67. The Hall–Kier alpha value is -2.96. The van der Waals surface area contributed by atoms with Crippen LogP contribution < -0.4 is 5.56 Å². The second-order valence-electron chi connectivity index (χ2n) is 11.0. The van der Waals surface area contributed by atoms with E-state index in [1.807, 2.05) is 41.3 Å². The van der Waals surface area contributed by atoms with E-state index in [-0.39, 0.29) is 30.5 Å². The molecule has 0 bridgehead atoms. The molecule has 1 aliphatic carbocycles. The lowest BCUT2D eigenvalue weighted by atomic mass is 9.96. The van der Waals surface area contributed by atoms with Crippen molar-refractivity contribution in [2.24, 2.45) is 7.05 Å². The largest absolute Gasteiger partial charge is 0.389 e. The summed E-state index contributed by atoms with van der Waals surface area (Å²) in [4.78, 5) is 31.6. The lowest BCUT2D eigenvalue weighted by Crippen LogP contribution is -2.45. The Morgan fingerprint density at radius 2 is 1.65 bits per heavy atom. The van der Waals surface area contributed by atoms with Gasteiger partial charge in [-0.25, -0.2) is 0 Å². The molecule has 0 radical (unpaired) electrons. The first-order valence-electron chi connectivity index (χ1n) is 13.8. The number of benzene rings is 2. The maximum Gasteiger partial charge on any atom is 0.255 e. The van der Waals surface area contributed by atoms with Gasteiger partial charge in [-0.05, 0) is 61.9 Å². The van der Waals surface area contributed by atoms with E-state index in [2.05, 4.69) is 29.2 Å². The summed E-state index contributed by atoms with van der Waals surface area (Å²) in [5, 5.41) is 12.1. The number of aliphatic hydroxyl groups is 1. The van der Waals surface area contributed by atoms with E-state index in [1.54, 1.807) is 11.6 Å². The molecule has 1 aromatic heterocycles. The van der Waals surface area contributed by atoms with Crippen LogP contribution in [0.25, 0.3) is 10.9 Å². The molecule has 1 atom stereocenters. The van der Waals surface area contributed by atoms with Gasteiger partial charge < -0.3 is 14.6 Å². The van der Waals surface area contributed by atoms with Crippen LogP contribution in [0.2, 0.25) is 0 Å². The summed E-state index contributed by atoms with van der Waals surface area (Å²) >= 11 is 0. The second kappa shape index (κ2) is 11.2. The predicted molar refractivity (Wildman–Crippen MR) is 147 cm³/mol. The first-order chi connectivity index (χ1) is 17.9. The summed E-state index contributed by atoms with van der Waals surface area (Å²) in [6, 6.07) is 20.2. The van der Waals surface area contributed by atoms with Crippen molar-refractivity contribution in [2.75, 3.05) is 19.6 Å². The highest BCUT2D eigenvalue weighted by Crippen LogP contribution is 2.34. The number of carbonyl (C=O) groups excluding carboxylic acids is 1. The molecule has 1 N–H and O–H groups in total. The van der Waals surface area contributed by atoms with Crippen LogP contribution in [0.1, 0.15) is 68.5 Å². The fourth-order valence-corrected chi connectivity index (χ4v) is 6.21. The SMILES string of the molecule is Cn1c(=O)c(CN(CC(c2ccccc2)N2CCCCC2)C(=O)CC2(O)CCCC2)cc2ccccc21. The molecular weight excluding hydrogens is 462 g/mol. The van der Waals surface area contributed by atoms with E-state index in [0.717, 1.165) is 49.7 Å². The third-order valence-corrected chi connectivity index (χ3v) is 8.34. The molecule has 1 amide bonds. The number of carbonyl (C=O) groups is 1. The molecule has 1 saturated heterocycles. The lowest BCUT2D eigenvalue weighted by molar-refractivity contribution is -0.138. The van der Waals surface area contributed by atoms with Gasteiger partial charge in [-0.15, -0.1) is 0 Å². The van der Waals surface area contributed by atoms with E-state index in [4.69, 9.17) is 0 Å². The van der Waals surface area contributed by atoms with Crippen LogP contribution in [-0.4, -0.2) is 50.6 Å². The monoisotopic (exact) mass is 501 g/mol. The van der Waals surface area contributed by atoms with Gasteiger partial charge in [0.2, 0.25) is 5.91 Å². The molecule has 5 rings (SSSR count). The minimum Gasteiger partial charge on any atom is -0.389 e. The number of pyridine rings is 1. The number of hydrogen-bond acceptors (Lipinski definition) is 4. The van der Waals surface area contributed by atoms with E-state index in [1.165, 1.54) is 12.0 Å². The summed E-state index contributed by atoms with van der Waals surface area (Å²) in [6.07, 6.45) is 6.90. The van der Waals surface area contributed by atoms with E-state index >= 15 is 0 Å². The van der Waals surface area contributed by atoms with Crippen molar-refractivity contribution in [2.45, 2.75) is 69.6 Å². The molecule has 2 heterocycles. The highest BCUT2D eigenvalue weighted by atomic mass is 16.3. The van der Waals surface area contributed by atoms with Crippen LogP contribution >= 0.6 is 0 Å². The first-order valence-corrected chi connectivity index (χ1v) is 13.8. The fourth-order valence-electron chi connectivity index (χ4n) is 6.21. The van der Waals surface area contributed by atoms with Gasteiger partial charge in [0, 0.05) is 19.2 Å². The molecule has 2 aromatic carbocycles. The van der Waals surface area contributed by atoms with Crippen LogP contribution in [0, 0.1) is 0 Å². The van der Waals surface area contributed by atoms with Crippen molar-refractivity contribution in [3.63, 3.8) is 0 Å². The van der Waals surface area contributed by atoms with Gasteiger partial charge in [-0.1, -0.05) is 67.8 Å². The second-order valence-corrected chi connectivity index (χ2v) is 11.0. The molecule has 2 fully saturated rings. The molecular formula is C31H39N3O3. The topological polar surface area (TPSA) is 65.8 Å². The van der Waals surface area contributed by atoms with Crippen LogP contribution in [0.15, 0.2) is 65.5 Å². The predicted octanol–water partition coefficient (Wildman–Crippen LogP) is 4.79. The highest BCUT2D eigenvalue weighted by Gasteiger charge is 2.36. The molecule has 1 saturated carbocycles. The maximum atomic E-state index is 13.9. The van der Waals surface area contributed by atoms with Crippen molar-refractivity contribution in [1.82, 2.24) is 14.4 Å². The van der Waals surface area contributed by atoms with Gasteiger partial charge in [-0.3, -0.25) is 14.5 Å². The minimum absolute atomic E-state index is 0.0491. The molecule has 0 spiro atoms. The third kappa shape index (κ3) is 5.81. The number of aryl methyl sites for hydroxylation is 1. The van der Waals surface area contributed by atoms with Gasteiger partial charge in [0.05, 0.1) is 30.1 Å². The van der Waals surface area contributed by atoms with Gasteiger partial charge in [0.1, 0.15) is 0 Å². The zero-order valence-corrected chi connectivity index (χ0v) is 21.9. The van der Waals surface area contributed by atoms with Crippen molar-refractivity contribution in [3.05, 3.63) is 82.1 Å². The number of piperidine rings is 1. The normalized spacial score (nSPS) is 18.6. The number of rotatable bonds is 8. The van der Waals surface area contributed by atoms with E-state index in [0.29, 0.717) is 24.9 Å². The van der Waals surface area contributed by atoms with Crippen molar-refractivity contribution in [3.8, 4) is 0 Å². The Morgan fingerprint density at radius 1 is 0.973 bits per heavy atom. The Labute approximate surface area is 219 Å². The smallest absolute Gasteiger partial charge is 0.255 e. The zero-order chi connectivity index (χ0) is 25.8. The zero-order valence-electron chi connectivity index (χ0n) is 21.9. The summed E-state index contributed by atoms with van der Waals surface area (Å²) in [7, 11) is 1.79. The average molecular weight is 502 g/mol. The lowest BCUT2D eigenvalue weighted by Gasteiger charge is -2.38. The van der Waals surface area contributed by atoms with Crippen LogP contribution in [0.4, 0.5) is 0 Å². The third-order valence-electron chi connectivity index (χ3n) is 8.34. The summed E-state index contributed by atoms with van der Waals surface area (Å²) in [6.45, 7) is 2.74. The number of likely N-dealkylation sites (tertiary alicyclic amines) is 1. The highest BCUT2D eigenvalue weighted by molar-refractivity contribution is 5.80. The van der Waals surface area contributed by atoms with Crippen LogP contribution in [0.5, 0.6) is 0 Å². The van der Waals surface area contributed by atoms with Crippen molar-refractivity contribution < 1.29 is 9.90 Å². The standard InChI is InChI=1S/C31H39N3O3/c1-32-27-15-7-6-14-25(27)20-26(30(32)36)22-34(29(35)21-31(37)16-8-9-17-31)23-28(24-12-4-2-5-13-24)33-18-10-3-11-19-33/h2,4-7,12-15,20,28,37H,3,8-11,16-19,21-23H2,1H3. The first kappa shape index (κ1) is 25.7. The molecule has 6 heteroatoms. The van der Waals surface area contributed by atoms with Gasteiger partial charge >= 0.3 is 0 Å². The number of aromatic nitrogens is 1. The molecule has 37 heavy (non-hydrogen) atoms. The van der Waals surface area contributed by atoms with Gasteiger partial charge in [-0.2, -0.15) is 0 Å². The number of fused-ring (bicyclic) bond motifs is 1. The molecule has 3 aromatic rings. The molecule has 2 aliphatic rings. The van der Waals surface area contributed by atoms with E-state index < -0.39 is 5.60 Å². The summed E-state index contributed by atoms with van der Waals surface area (Å²) < 4.78 is 1.68. The Morgan fingerprint density at radius 3 is 2.38 bits per heavy atom. The molecule has 196 valence electrons. The van der Waals surface area contributed by atoms with Crippen molar-refractivity contribution in [1.29, 1.82) is 0 Å². The average Bonchev–Trinajstić information content (AvgIpc) is 3.35.